The van der Waals surface area contributed by atoms with Crippen LogP contribution in [0.25, 0.3) is 0 Å². The highest BCUT2D eigenvalue weighted by Crippen LogP contribution is 2.42. The molecule has 1 amide bonds. The van der Waals surface area contributed by atoms with E-state index < -0.39 is 41.0 Å². The van der Waals surface area contributed by atoms with Gasteiger partial charge in [0.25, 0.3) is 0 Å². The molecule has 2 atom stereocenters. The first kappa shape index (κ1) is 20.7. The molecule has 144 valence electrons. The molecule has 1 aliphatic rings. The van der Waals surface area contributed by atoms with Gasteiger partial charge in [-0.1, -0.05) is 22.0 Å². The number of carboxylic acids is 1. The molecular formula is C19H25BrFNO4. The number of likely N-dealkylation sites (tertiary alicyclic amines) is 1. The van der Waals surface area contributed by atoms with E-state index in [1.54, 1.807) is 26.8 Å². The van der Waals surface area contributed by atoms with E-state index in [1.807, 2.05) is 13.8 Å². The molecule has 1 heterocycles. The fourth-order valence-corrected chi connectivity index (χ4v) is 3.80. The highest BCUT2D eigenvalue weighted by molar-refractivity contribution is 9.10. The second kappa shape index (κ2) is 7.18. The van der Waals surface area contributed by atoms with Gasteiger partial charge >= 0.3 is 12.1 Å². The summed E-state index contributed by atoms with van der Waals surface area (Å²) >= 11 is 3.18. The molecule has 0 aliphatic carbocycles. The Morgan fingerprint density at radius 2 is 2.00 bits per heavy atom. The Morgan fingerprint density at radius 3 is 2.50 bits per heavy atom. The number of hydrogen-bond acceptors (Lipinski definition) is 3. The van der Waals surface area contributed by atoms with E-state index in [-0.39, 0.29) is 5.56 Å². The van der Waals surface area contributed by atoms with Crippen LogP contribution in [0.4, 0.5) is 9.18 Å². The van der Waals surface area contributed by atoms with E-state index in [2.05, 4.69) is 15.9 Å². The molecule has 26 heavy (non-hydrogen) atoms. The van der Waals surface area contributed by atoms with E-state index in [0.717, 1.165) is 0 Å². The van der Waals surface area contributed by atoms with E-state index in [1.165, 1.54) is 17.0 Å². The number of amides is 1. The summed E-state index contributed by atoms with van der Waals surface area (Å²) in [5, 5.41) is 9.83. The summed E-state index contributed by atoms with van der Waals surface area (Å²) in [7, 11) is 0. The fraction of sp³-hybridized carbons (Fsp3) is 0.579. The zero-order valence-electron chi connectivity index (χ0n) is 15.7. The molecular weight excluding hydrogens is 405 g/mol. The van der Waals surface area contributed by atoms with Crippen molar-refractivity contribution < 1.29 is 23.8 Å². The zero-order valence-corrected chi connectivity index (χ0v) is 17.3. The van der Waals surface area contributed by atoms with Gasteiger partial charge in [0.15, 0.2) is 0 Å². The summed E-state index contributed by atoms with van der Waals surface area (Å²) in [5.74, 6) is -2.94. The zero-order chi connectivity index (χ0) is 19.9. The quantitative estimate of drug-likeness (QED) is 0.738. The summed E-state index contributed by atoms with van der Waals surface area (Å²) in [6.07, 6.45) is 0.492. The summed E-state index contributed by atoms with van der Waals surface area (Å²) < 4.78 is 20.5. The number of halogens is 2. The lowest BCUT2D eigenvalue weighted by Gasteiger charge is -2.39. The Morgan fingerprint density at radius 1 is 1.38 bits per heavy atom. The van der Waals surface area contributed by atoms with Crippen molar-refractivity contribution in [1.82, 2.24) is 4.90 Å². The van der Waals surface area contributed by atoms with E-state index in [4.69, 9.17) is 4.74 Å². The van der Waals surface area contributed by atoms with Gasteiger partial charge in [-0.15, -0.1) is 0 Å². The maximum atomic E-state index is 14.5. The minimum Gasteiger partial charge on any atom is -0.481 e. The van der Waals surface area contributed by atoms with Crippen LogP contribution < -0.4 is 0 Å². The van der Waals surface area contributed by atoms with Gasteiger partial charge in [0.2, 0.25) is 0 Å². The Balaban J connectivity index is 2.46. The Labute approximate surface area is 161 Å². The molecule has 1 N–H and O–H groups in total. The largest absolute Gasteiger partial charge is 0.481 e. The summed E-state index contributed by atoms with van der Waals surface area (Å²) in [5.41, 5.74) is -1.22. The van der Waals surface area contributed by atoms with Crippen LogP contribution in [0.1, 0.15) is 58.9 Å². The molecule has 1 aromatic rings. The molecule has 0 saturated carbocycles. The lowest BCUT2D eigenvalue weighted by Crippen LogP contribution is -2.51. The smallest absolute Gasteiger partial charge is 0.411 e. The number of carbonyl (C=O) groups is 2. The van der Waals surface area contributed by atoms with Crippen LogP contribution in [-0.2, 0) is 9.53 Å². The number of ether oxygens (including phenoxy) is 1. The second-order valence-electron chi connectivity index (χ2n) is 8.25. The molecule has 0 aromatic heterocycles. The van der Waals surface area contributed by atoms with Gasteiger partial charge in [0, 0.05) is 15.6 Å². The van der Waals surface area contributed by atoms with Gasteiger partial charge in [-0.25, -0.2) is 9.18 Å². The number of carboxylic acid groups (broad SMARTS) is 1. The lowest BCUT2D eigenvalue weighted by atomic mass is 9.89. The molecule has 2 rings (SSSR count). The number of rotatable bonds is 3. The topological polar surface area (TPSA) is 66.8 Å². The Bertz CT molecular complexity index is 714. The van der Waals surface area contributed by atoms with Crippen molar-refractivity contribution in [2.75, 3.05) is 0 Å². The predicted octanol–water partition coefficient (Wildman–Crippen LogP) is 4.93. The van der Waals surface area contributed by atoms with Gasteiger partial charge in [0.05, 0.1) is 6.04 Å². The number of aliphatic carboxylic acids is 1. The van der Waals surface area contributed by atoms with Crippen LogP contribution in [0.3, 0.4) is 0 Å². The number of benzene rings is 1. The minimum atomic E-state index is -1.17. The standard InChI is InChI=1S/C19H25BrFNO4/c1-18(2,3)26-17(25)22-14(8-9-19(22,4)5)15(16(23)24)12-7-6-11(20)10-13(12)21/h6-7,10,14-15H,8-9H2,1-5H3,(H,23,24)/t14-,15+/m1/s1. The first-order valence-corrected chi connectivity index (χ1v) is 9.33. The number of hydrogen-bond donors (Lipinski definition) is 1. The van der Waals surface area contributed by atoms with Crippen molar-refractivity contribution in [2.24, 2.45) is 0 Å². The Kier molecular flexibility index (Phi) is 5.71. The highest BCUT2D eigenvalue weighted by atomic mass is 79.9. The van der Waals surface area contributed by atoms with Gasteiger partial charge in [-0.05, 0) is 59.6 Å². The number of carbonyl (C=O) groups excluding carboxylic acids is 1. The lowest BCUT2D eigenvalue weighted by molar-refractivity contribution is -0.140. The van der Waals surface area contributed by atoms with Gasteiger partial charge in [-0.3, -0.25) is 9.69 Å². The molecule has 0 unspecified atom stereocenters. The summed E-state index contributed by atoms with van der Waals surface area (Å²) in [6.45, 7) is 9.01. The number of nitrogens with zero attached hydrogens (tertiary/aromatic N) is 1. The highest BCUT2D eigenvalue weighted by Gasteiger charge is 2.50. The van der Waals surface area contributed by atoms with Crippen LogP contribution >= 0.6 is 15.9 Å². The van der Waals surface area contributed by atoms with Crippen LogP contribution in [0.15, 0.2) is 22.7 Å². The van der Waals surface area contributed by atoms with Gasteiger partial charge < -0.3 is 9.84 Å². The van der Waals surface area contributed by atoms with Crippen molar-refractivity contribution in [3.05, 3.63) is 34.1 Å². The van der Waals surface area contributed by atoms with E-state index in [0.29, 0.717) is 17.3 Å². The maximum Gasteiger partial charge on any atom is 0.411 e. The molecule has 1 aliphatic heterocycles. The third-order valence-electron chi connectivity index (χ3n) is 4.57. The minimum absolute atomic E-state index is 0.0666. The SMILES string of the molecule is CC(C)(C)OC(=O)N1[C@@H]([C@@H](C(=O)O)c2ccc(Br)cc2F)CCC1(C)C. The van der Waals surface area contributed by atoms with Crippen molar-refractivity contribution in [2.45, 2.75) is 70.6 Å². The molecule has 5 nitrogen and oxygen atoms in total. The van der Waals surface area contributed by atoms with Crippen molar-refractivity contribution in [3.8, 4) is 0 Å². The van der Waals surface area contributed by atoms with Crippen molar-refractivity contribution in [3.63, 3.8) is 0 Å². The molecule has 0 bridgehead atoms. The van der Waals surface area contributed by atoms with Crippen LogP contribution in [0.2, 0.25) is 0 Å². The third-order valence-corrected chi connectivity index (χ3v) is 5.07. The molecule has 1 saturated heterocycles. The fourth-order valence-electron chi connectivity index (χ4n) is 3.47. The van der Waals surface area contributed by atoms with Crippen LogP contribution in [0.5, 0.6) is 0 Å². The molecule has 0 radical (unpaired) electrons. The van der Waals surface area contributed by atoms with Crippen molar-refractivity contribution >= 4 is 28.0 Å². The molecule has 1 aromatic carbocycles. The van der Waals surface area contributed by atoms with E-state index >= 15 is 0 Å². The monoisotopic (exact) mass is 429 g/mol. The van der Waals surface area contributed by atoms with Crippen molar-refractivity contribution in [1.29, 1.82) is 0 Å². The van der Waals surface area contributed by atoms with Crippen LogP contribution in [-0.4, -0.2) is 39.3 Å². The normalized spacial score (nSPS) is 20.7. The maximum absolute atomic E-state index is 14.5. The first-order valence-electron chi connectivity index (χ1n) is 8.53. The third kappa shape index (κ3) is 4.37. The van der Waals surface area contributed by atoms with Crippen LogP contribution in [0, 0.1) is 5.82 Å². The molecule has 7 heteroatoms. The summed E-state index contributed by atoms with van der Waals surface area (Å²) in [6, 6.07) is 3.61. The first-order chi connectivity index (χ1) is 11.8. The average Bonchev–Trinajstić information content (AvgIpc) is 2.75. The molecule has 0 spiro atoms. The van der Waals surface area contributed by atoms with E-state index in [9.17, 15) is 19.1 Å². The summed E-state index contributed by atoms with van der Waals surface area (Å²) in [4.78, 5) is 26.3. The molecule has 1 fully saturated rings. The predicted molar refractivity (Wildman–Crippen MR) is 99.7 cm³/mol. The second-order valence-corrected chi connectivity index (χ2v) is 9.17. The Hall–Kier alpha value is -1.63. The van der Waals surface area contributed by atoms with Gasteiger partial charge in [-0.2, -0.15) is 0 Å². The van der Waals surface area contributed by atoms with Gasteiger partial charge in [0.1, 0.15) is 17.3 Å². The average molecular weight is 430 g/mol.